The van der Waals surface area contributed by atoms with E-state index in [4.69, 9.17) is 18.4 Å². The van der Waals surface area contributed by atoms with Crippen molar-refractivity contribution in [1.82, 2.24) is 0 Å². The number of hydrogen-bond acceptors (Lipinski definition) is 0. The van der Waals surface area contributed by atoms with Gasteiger partial charge in [-0.2, -0.15) is 0 Å². The predicted octanol–water partition coefficient (Wildman–Crippen LogP) is 5.34. The SMILES string of the molecule is [CH3-].[CH3-].[Cl][Au-][Cl].c1ccc([As+](c2ccccc2)(c2ccccc2)c2ccccc2)cc1. The molecule has 0 aliphatic heterocycles. The van der Waals surface area contributed by atoms with E-state index in [1.807, 2.05) is 0 Å². The molecule has 4 aromatic rings. The summed E-state index contributed by atoms with van der Waals surface area (Å²) in [4.78, 5) is 0. The van der Waals surface area contributed by atoms with Crippen LogP contribution < -0.4 is 17.4 Å². The molecule has 0 saturated carbocycles. The van der Waals surface area contributed by atoms with E-state index in [1.54, 1.807) is 0 Å². The van der Waals surface area contributed by atoms with E-state index < -0.39 is 13.6 Å². The van der Waals surface area contributed by atoms with E-state index in [9.17, 15) is 0 Å². The van der Waals surface area contributed by atoms with Gasteiger partial charge in [0.25, 0.3) is 0 Å². The first kappa shape index (κ1) is 26.8. The molecule has 4 heteroatoms. The van der Waals surface area contributed by atoms with Gasteiger partial charge in [0.2, 0.25) is 0 Å². The Morgan fingerprint density at radius 2 is 0.567 bits per heavy atom. The van der Waals surface area contributed by atoms with E-state index in [1.165, 1.54) is 17.4 Å². The van der Waals surface area contributed by atoms with Crippen LogP contribution in [0.4, 0.5) is 0 Å². The quantitative estimate of drug-likeness (QED) is 0.202. The third-order valence-electron chi connectivity index (χ3n) is 4.57. The topological polar surface area (TPSA) is 0 Å². The Morgan fingerprint density at radius 3 is 0.733 bits per heavy atom. The van der Waals surface area contributed by atoms with Crippen LogP contribution >= 0.6 is 18.4 Å². The fraction of sp³-hybridized carbons (Fsp3) is 0. The summed E-state index contributed by atoms with van der Waals surface area (Å²) in [6, 6.07) is 44.2. The molecule has 0 spiro atoms. The first-order chi connectivity index (χ1) is 13.8. The third-order valence-corrected chi connectivity index (χ3v) is 13.6. The standard InChI is InChI=1S/C24H20As.2CH3.Au.2ClH/c1-5-13-21(14-6-1)25(22-15-7-2-8-16-22,23-17-9-3-10-18-23)24-19-11-4-12-20-24;;;;;/h1-20H;2*1H3;;2*1H/q+1;2*-1;+1;;/p-2. The van der Waals surface area contributed by atoms with Crippen molar-refractivity contribution in [2.45, 2.75) is 0 Å². The monoisotopic (exact) mass is 680 g/mol. The molecule has 0 fully saturated rings. The average molecular weight is 681 g/mol. The maximum absolute atomic E-state index is 4.86. The van der Waals surface area contributed by atoms with E-state index in [0.29, 0.717) is 0 Å². The Bertz CT molecular complexity index is 786. The molecule has 0 nitrogen and oxygen atoms in total. The van der Waals surface area contributed by atoms with Crippen molar-refractivity contribution in [1.29, 1.82) is 0 Å². The summed E-state index contributed by atoms with van der Waals surface area (Å²) in [5.74, 6) is 0. The zero-order chi connectivity index (χ0) is 19.7. The van der Waals surface area contributed by atoms with Crippen molar-refractivity contribution in [3.05, 3.63) is 136 Å². The summed E-state index contributed by atoms with van der Waals surface area (Å²) < 4.78 is 5.79. The maximum atomic E-state index is 4.86. The van der Waals surface area contributed by atoms with Crippen molar-refractivity contribution in [2.24, 2.45) is 0 Å². The summed E-state index contributed by atoms with van der Waals surface area (Å²) in [7, 11) is 9.72. The van der Waals surface area contributed by atoms with Gasteiger partial charge >= 0.3 is 188 Å². The van der Waals surface area contributed by atoms with Gasteiger partial charge in [0, 0.05) is 0 Å². The molecule has 0 aromatic heterocycles. The second kappa shape index (κ2) is 13.9. The summed E-state index contributed by atoms with van der Waals surface area (Å²) in [5, 5.41) is 0. The van der Waals surface area contributed by atoms with E-state index in [0.717, 1.165) is 0 Å². The predicted molar refractivity (Wildman–Crippen MR) is 135 cm³/mol. The normalized spacial score (nSPS) is 10.1. The first-order valence-corrected chi connectivity index (χ1v) is 17.9. The van der Waals surface area contributed by atoms with Crippen LogP contribution in [0.2, 0.25) is 0 Å². The number of halogens is 2. The summed E-state index contributed by atoms with van der Waals surface area (Å²) in [5.41, 5.74) is 0. The average Bonchev–Trinajstić information content (AvgIpc) is 2.78. The summed E-state index contributed by atoms with van der Waals surface area (Å²) in [6.07, 6.45) is 0. The van der Waals surface area contributed by atoms with E-state index >= 15 is 0 Å². The van der Waals surface area contributed by atoms with Crippen molar-refractivity contribution >= 4 is 49.3 Å². The van der Waals surface area contributed by atoms with Gasteiger partial charge < -0.3 is 14.9 Å². The zero-order valence-electron chi connectivity index (χ0n) is 17.1. The van der Waals surface area contributed by atoms with Gasteiger partial charge in [-0.1, -0.05) is 0 Å². The molecule has 4 rings (SSSR count). The molecule has 0 heterocycles. The van der Waals surface area contributed by atoms with Crippen molar-refractivity contribution in [2.75, 3.05) is 0 Å². The molecular weight excluding hydrogens is 655 g/mol. The van der Waals surface area contributed by atoms with Crippen molar-refractivity contribution < 1.29 is 17.6 Å². The van der Waals surface area contributed by atoms with Crippen LogP contribution in [-0.2, 0) is 17.6 Å². The molecule has 0 bridgehead atoms. The van der Waals surface area contributed by atoms with E-state index in [2.05, 4.69) is 121 Å². The molecule has 0 radical (unpaired) electrons. The second-order valence-electron chi connectivity index (χ2n) is 6.06. The Labute approximate surface area is 201 Å². The molecule has 4 aromatic carbocycles. The Morgan fingerprint density at radius 1 is 0.400 bits per heavy atom. The number of benzene rings is 4. The van der Waals surface area contributed by atoms with Crippen LogP contribution in [0.1, 0.15) is 0 Å². The van der Waals surface area contributed by atoms with Crippen molar-refractivity contribution in [3.8, 4) is 0 Å². The Hall–Kier alpha value is -1.24. The molecule has 0 saturated heterocycles. The van der Waals surface area contributed by atoms with Crippen LogP contribution in [0.15, 0.2) is 121 Å². The minimum atomic E-state index is -2.77. The molecule has 0 unspecified atom stereocenters. The molecule has 0 aliphatic rings. The van der Waals surface area contributed by atoms with Crippen LogP contribution in [-0.4, -0.2) is 13.6 Å². The fourth-order valence-electron chi connectivity index (χ4n) is 3.50. The molecule has 30 heavy (non-hydrogen) atoms. The molecule has 162 valence electrons. The Kier molecular flexibility index (Phi) is 12.5. The molecule has 0 N–H and O–H groups in total. The van der Waals surface area contributed by atoms with Gasteiger partial charge in [-0.3, -0.25) is 0 Å². The van der Waals surface area contributed by atoms with E-state index in [-0.39, 0.29) is 32.4 Å². The Balaban J connectivity index is 0.000000851. The van der Waals surface area contributed by atoms with Gasteiger partial charge in [-0.05, 0) is 0 Å². The van der Waals surface area contributed by atoms with Gasteiger partial charge in [0.15, 0.2) is 0 Å². The molecule has 0 amide bonds. The molecule has 0 aliphatic carbocycles. The minimum absolute atomic E-state index is 0. The van der Waals surface area contributed by atoms with Gasteiger partial charge in [0.1, 0.15) is 0 Å². The molecular formula is C26H26AsAuCl2-2. The zero-order valence-corrected chi connectivity index (χ0v) is 22.6. The van der Waals surface area contributed by atoms with Crippen LogP contribution in [0.3, 0.4) is 0 Å². The second-order valence-corrected chi connectivity index (χ2v) is 16.3. The van der Waals surface area contributed by atoms with Crippen LogP contribution in [0.25, 0.3) is 0 Å². The fourth-order valence-corrected chi connectivity index (χ4v) is 12.5. The van der Waals surface area contributed by atoms with Crippen molar-refractivity contribution in [3.63, 3.8) is 0 Å². The van der Waals surface area contributed by atoms with Crippen LogP contribution in [0.5, 0.6) is 0 Å². The van der Waals surface area contributed by atoms with Gasteiger partial charge in [-0.15, -0.1) is 0 Å². The first-order valence-electron chi connectivity index (χ1n) is 8.77. The van der Waals surface area contributed by atoms with Crippen LogP contribution in [0, 0.1) is 14.9 Å². The summed E-state index contributed by atoms with van der Waals surface area (Å²) in [6.45, 7) is 0. The molecule has 0 atom stereocenters. The summed E-state index contributed by atoms with van der Waals surface area (Å²) >= 11 is -3.16. The van der Waals surface area contributed by atoms with Gasteiger partial charge in [-0.25, -0.2) is 0 Å². The van der Waals surface area contributed by atoms with Gasteiger partial charge in [0.05, 0.1) is 0 Å². The number of rotatable bonds is 4. The third kappa shape index (κ3) is 5.92. The number of hydrogen-bond donors (Lipinski definition) is 0.